The number of nitrogens with zero attached hydrogens (tertiary/aromatic N) is 1. The minimum atomic E-state index is 0.470. The normalized spacial score (nSPS) is 13.1. The van der Waals surface area contributed by atoms with Gasteiger partial charge >= 0.3 is 0 Å². The summed E-state index contributed by atoms with van der Waals surface area (Å²) in [4.78, 5) is 4.51. The first-order chi connectivity index (χ1) is 8.33. The smallest absolute Gasteiger partial charge is 0.197 e. The summed E-state index contributed by atoms with van der Waals surface area (Å²) in [5, 5.41) is 3.48. The second-order valence-corrected chi connectivity index (χ2v) is 4.32. The summed E-state index contributed by atoms with van der Waals surface area (Å²) in [5.74, 6) is 0.839. The standard InChI is InChI=1S/C14H20N2O/c1-3-7-11(15-4-2)10-14-16-12-8-5-6-9-13(12)17-14/h5-6,8-9,11,15H,3-4,7,10H2,1-2H3. The number of rotatable bonds is 6. The summed E-state index contributed by atoms with van der Waals surface area (Å²) >= 11 is 0. The van der Waals surface area contributed by atoms with Gasteiger partial charge in [0.05, 0.1) is 0 Å². The van der Waals surface area contributed by atoms with E-state index in [-0.39, 0.29) is 0 Å². The summed E-state index contributed by atoms with van der Waals surface area (Å²) in [7, 11) is 0. The van der Waals surface area contributed by atoms with Gasteiger partial charge in [-0.25, -0.2) is 4.98 Å². The minimum Gasteiger partial charge on any atom is -0.441 e. The number of hydrogen-bond donors (Lipinski definition) is 1. The highest BCUT2D eigenvalue weighted by Crippen LogP contribution is 2.16. The molecule has 17 heavy (non-hydrogen) atoms. The lowest BCUT2D eigenvalue weighted by Gasteiger charge is -2.14. The van der Waals surface area contributed by atoms with Crippen LogP contribution in [-0.4, -0.2) is 17.6 Å². The van der Waals surface area contributed by atoms with Crippen molar-refractivity contribution in [3.8, 4) is 0 Å². The minimum absolute atomic E-state index is 0.470. The van der Waals surface area contributed by atoms with Crippen molar-refractivity contribution in [1.82, 2.24) is 10.3 Å². The van der Waals surface area contributed by atoms with Crippen LogP contribution in [0.5, 0.6) is 0 Å². The largest absolute Gasteiger partial charge is 0.441 e. The molecular weight excluding hydrogens is 212 g/mol. The Morgan fingerprint density at radius 1 is 1.29 bits per heavy atom. The molecule has 1 atom stereocenters. The third-order valence-electron chi connectivity index (χ3n) is 2.89. The second kappa shape index (κ2) is 5.82. The average molecular weight is 232 g/mol. The SMILES string of the molecule is CCCC(Cc1nc2ccccc2o1)NCC. The van der Waals surface area contributed by atoms with Gasteiger partial charge in [0.15, 0.2) is 11.5 Å². The molecule has 0 radical (unpaired) electrons. The van der Waals surface area contributed by atoms with Crippen LogP contribution in [0.1, 0.15) is 32.6 Å². The Labute approximate surface area is 102 Å². The summed E-state index contributed by atoms with van der Waals surface area (Å²) in [5.41, 5.74) is 1.84. The van der Waals surface area contributed by atoms with Gasteiger partial charge in [-0.3, -0.25) is 0 Å². The molecule has 0 amide bonds. The average Bonchev–Trinajstić information content (AvgIpc) is 2.71. The van der Waals surface area contributed by atoms with Crippen LogP contribution < -0.4 is 5.32 Å². The van der Waals surface area contributed by atoms with Gasteiger partial charge in [-0.15, -0.1) is 0 Å². The highest BCUT2D eigenvalue weighted by molar-refractivity contribution is 5.72. The molecule has 0 bridgehead atoms. The molecule has 0 saturated carbocycles. The van der Waals surface area contributed by atoms with E-state index >= 15 is 0 Å². The van der Waals surface area contributed by atoms with Crippen molar-refractivity contribution in [3.63, 3.8) is 0 Å². The maximum Gasteiger partial charge on any atom is 0.197 e. The maximum atomic E-state index is 5.74. The summed E-state index contributed by atoms with van der Waals surface area (Å²) < 4.78 is 5.74. The molecule has 3 nitrogen and oxygen atoms in total. The van der Waals surface area contributed by atoms with Crippen LogP contribution in [0.3, 0.4) is 0 Å². The molecule has 1 heterocycles. The molecule has 0 aliphatic heterocycles. The predicted molar refractivity (Wildman–Crippen MR) is 70.1 cm³/mol. The molecule has 0 fully saturated rings. The first-order valence-electron chi connectivity index (χ1n) is 6.41. The van der Waals surface area contributed by atoms with E-state index in [9.17, 15) is 0 Å². The Kier molecular flexibility index (Phi) is 4.15. The van der Waals surface area contributed by atoms with Crippen LogP contribution in [-0.2, 0) is 6.42 Å². The first-order valence-corrected chi connectivity index (χ1v) is 6.41. The van der Waals surface area contributed by atoms with Gasteiger partial charge in [-0.2, -0.15) is 0 Å². The molecule has 1 aromatic heterocycles. The lowest BCUT2D eigenvalue weighted by molar-refractivity contribution is 0.429. The van der Waals surface area contributed by atoms with E-state index in [0.717, 1.165) is 36.4 Å². The topological polar surface area (TPSA) is 38.1 Å². The molecule has 0 saturated heterocycles. The van der Waals surface area contributed by atoms with E-state index in [4.69, 9.17) is 4.42 Å². The van der Waals surface area contributed by atoms with Crippen molar-refractivity contribution in [1.29, 1.82) is 0 Å². The zero-order valence-corrected chi connectivity index (χ0v) is 10.6. The Balaban J connectivity index is 2.10. The van der Waals surface area contributed by atoms with E-state index in [1.54, 1.807) is 0 Å². The molecule has 0 spiro atoms. The van der Waals surface area contributed by atoms with Crippen LogP contribution >= 0.6 is 0 Å². The summed E-state index contributed by atoms with van der Waals surface area (Å²) in [6.07, 6.45) is 3.21. The van der Waals surface area contributed by atoms with Crippen molar-refractivity contribution in [2.75, 3.05) is 6.54 Å². The Morgan fingerprint density at radius 2 is 2.12 bits per heavy atom. The molecule has 1 N–H and O–H groups in total. The molecule has 2 aromatic rings. The van der Waals surface area contributed by atoms with Crippen LogP contribution in [0.15, 0.2) is 28.7 Å². The third kappa shape index (κ3) is 3.07. The van der Waals surface area contributed by atoms with Crippen LogP contribution in [0, 0.1) is 0 Å². The fraction of sp³-hybridized carbons (Fsp3) is 0.500. The number of nitrogens with one attached hydrogen (secondary N) is 1. The lowest BCUT2D eigenvalue weighted by atomic mass is 10.1. The molecule has 0 aliphatic carbocycles. The zero-order valence-electron chi connectivity index (χ0n) is 10.6. The third-order valence-corrected chi connectivity index (χ3v) is 2.89. The molecular formula is C14H20N2O. The van der Waals surface area contributed by atoms with Gasteiger partial charge < -0.3 is 9.73 Å². The fourth-order valence-corrected chi connectivity index (χ4v) is 2.13. The lowest BCUT2D eigenvalue weighted by Crippen LogP contribution is -2.30. The van der Waals surface area contributed by atoms with Crippen molar-refractivity contribution < 1.29 is 4.42 Å². The molecule has 3 heteroatoms. The van der Waals surface area contributed by atoms with E-state index in [1.807, 2.05) is 24.3 Å². The van der Waals surface area contributed by atoms with Crippen LogP contribution in [0.2, 0.25) is 0 Å². The molecule has 2 rings (SSSR count). The van der Waals surface area contributed by atoms with E-state index in [2.05, 4.69) is 24.1 Å². The number of likely N-dealkylation sites (N-methyl/N-ethyl adjacent to an activating group) is 1. The van der Waals surface area contributed by atoms with Gasteiger partial charge in [0.25, 0.3) is 0 Å². The highest BCUT2D eigenvalue weighted by atomic mass is 16.3. The second-order valence-electron chi connectivity index (χ2n) is 4.32. The quantitative estimate of drug-likeness (QED) is 0.831. The van der Waals surface area contributed by atoms with Crippen molar-refractivity contribution in [2.45, 2.75) is 39.2 Å². The molecule has 92 valence electrons. The number of benzene rings is 1. The van der Waals surface area contributed by atoms with E-state index < -0.39 is 0 Å². The summed E-state index contributed by atoms with van der Waals surface area (Å²) in [6, 6.07) is 8.39. The molecule has 0 aliphatic rings. The molecule has 1 aromatic carbocycles. The van der Waals surface area contributed by atoms with Gasteiger partial charge in [0, 0.05) is 12.5 Å². The number of oxazole rings is 1. The Morgan fingerprint density at radius 3 is 2.82 bits per heavy atom. The molecule has 1 unspecified atom stereocenters. The monoisotopic (exact) mass is 232 g/mol. The fourth-order valence-electron chi connectivity index (χ4n) is 2.13. The van der Waals surface area contributed by atoms with Gasteiger partial charge in [-0.05, 0) is 25.1 Å². The number of hydrogen-bond acceptors (Lipinski definition) is 3. The van der Waals surface area contributed by atoms with Gasteiger partial charge in [-0.1, -0.05) is 32.4 Å². The number of aromatic nitrogens is 1. The van der Waals surface area contributed by atoms with Crippen molar-refractivity contribution >= 4 is 11.1 Å². The van der Waals surface area contributed by atoms with Gasteiger partial charge in [0.1, 0.15) is 5.52 Å². The Hall–Kier alpha value is -1.35. The number of para-hydroxylation sites is 2. The van der Waals surface area contributed by atoms with E-state index in [0.29, 0.717) is 6.04 Å². The van der Waals surface area contributed by atoms with Crippen molar-refractivity contribution in [3.05, 3.63) is 30.2 Å². The summed E-state index contributed by atoms with van der Waals surface area (Å²) in [6.45, 7) is 5.33. The maximum absolute atomic E-state index is 5.74. The highest BCUT2D eigenvalue weighted by Gasteiger charge is 2.12. The first kappa shape index (κ1) is 12.1. The predicted octanol–water partition coefficient (Wildman–Crippen LogP) is 3.15. The Bertz CT molecular complexity index is 425. The van der Waals surface area contributed by atoms with E-state index in [1.165, 1.54) is 6.42 Å². The van der Waals surface area contributed by atoms with Crippen LogP contribution in [0.25, 0.3) is 11.1 Å². The van der Waals surface area contributed by atoms with Crippen LogP contribution in [0.4, 0.5) is 0 Å². The van der Waals surface area contributed by atoms with Crippen molar-refractivity contribution in [2.24, 2.45) is 0 Å². The van der Waals surface area contributed by atoms with Gasteiger partial charge in [0.2, 0.25) is 0 Å². The number of fused-ring (bicyclic) bond motifs is 1. The zero-order chi connectivity index (χ0) is 12.1.